The maximum absolute atomic E-state index is 12.8. The number of ether oxygens (including phenoxy) is 1. The first-order valence-electron chi connectivity index (χ1n) is 6.37. The van der Waals surface area contributed by atoms with Gasteiger partial charge in [0.1, 0.15) is 5.82 Å². The van der Waals surface area contributed by atoms with Crippen molar-refractivity contribution < 1.29 is 9.13 Å². The fourth-order valence-electron chi connectivity index (χ4n) is 1.93. The van der Waals surface area contributed by atoms with Gasteiger partial charge >= 0.3 is 0 Å². The molecule has 2 rings (SSSR count). The van der Waals surface area contributed by atoms with Crippen molar-refractivity contribution in [3.05, 3.63) is 71.5 Å². The molecule has 0 aromatic heterocycles. The van der Waals surface area contributed by atoms with E-state index in [9.17, 15) is 4.39 Å². The summed E-state index contributed by atoms with van der Waals surface area (Å²) in [4.78, 5) is 0. The highest BCUT2D eigenvalue weighted by atomic mass is 19.1. The Morgan fingerprint density at radius 2 is 1.68 bits per heavy atom. The number of benzene rings is 2. The van der Waals surface area contributed by atoms with Gasteiger partial charge in [-0.15, -0.1) is 0 Å². The van der Waals surface area contributed by atoms with Gasteiger partial charge in [0.2, 0.25) is 0 Å². The van der Waals surface area contributed by atoms with Gasteiger partial charge in [-0.2, -0.15) is 0 Å². The molecule has 0 aliphatic rings. The van der Waals surface area contributed by atoms with Crippen molar-refractivity contribution in [1.82, 2.24) is 0 Å². The van der Waals surface area contributed by atoms with Crippen LogP contribution in [0.5, 0.6) is 0 Å². The standard InChI is InChI=1S/C16H18FNO/c17-16-8-6-13(7-9-16)11-19-12-15(10-18)14-4-2-1-3-5-14/h1-9,15H,10-12,18H2. The van der Waals surface area contributed by atoms with Gasteiger partial charge in [0, 0.05) is 12.5 Å². The average molecular weight is 259 g/mol. The van der Waals surface area contributed by atoms with Crippen LogP contribution in [0.4, 0.5) is 4.39 Å². The lowest BCUT2D eigenvalue weighted by Gasteiger charge is -2.15. The molecule has 1 unspecified atom stereocenters. The van der Waals surface area contributed by atoms with E-state index in [1.165, 1.54) is 17.7 Å². The van der Waals surface area contributed by atoms with E-state index in [2.05, 4.69) is 12.1 Å². The Morgan fingerprint density at radius 1 is 1.00 bits per heavy atom. The molecule has 0 saturated carbocycles. The first-order valence-corrected chi connectivity index (χ1v) is 6.37. The number of hydrogen-bond acceptors (Lipinski definition) is 2. The first kappa shape index (κ1) is 13.7. The van der Waals surface area contributed by atoms with Crippen molar-refractivity contribution in [2.24, 2.45) is 5.73 Å². The molecule has 2 nitrogen and oxygen atoms in total. The topological polar surface area (TPSA) is 35.2 Å². The van der Waals surface area contributed by atoms with Gasteiger partial charge in [-0.3, -0.25) is 0 Å². The van der Waals surface area contributed by atoms with E-state index in [0.717, 1.165) is 5.56 Å². The Bertz CT molecular complexity index is 484. The minimum atomic E-state index is -0.229. The zero-order valence-electron chi connectivity index (χ0n) is 10.8. The maximum atomic E-state index is 12.8. The summed E-state index contributed by atoms with van der Waals surface area (Å²) in [5.41, 5.74) is 7.92. The lowest BCUT2D eigenvalue weighted by atomic mass is 10.0. The van der Waals surface area contributed by atoms with Crippen molar-refractivity contribution in [1.29, 1.82) is 0 Å². The summed E-state index contributed by atoms with van der Waals surface area (Å²) in [6, 6.07) is 16.4. The highest BCUT2D eigenvalue weighted by Crippen LogP contribution is 2.15. The molecular formula is C16H18FNO. The predicted octanol–water partition coefficient (Wildman–Crippen LogP) is 3.08. The zero-order chi connectivity index (χ0) is 13.5. The van der Waals surface area contributed by atoms with Crippen molar-refractivity contribution in [3.8, 4) is 0 Å². The third-order valence-corrected chi connectivity index (χ3v) is 3.06. The molecule has 2 aromatic rings. The lowest BCUT2D eigenvalue weighted by molar-refractivity contribution is 0.108. The summed E-state index contributed by atoms with van der Waals surface area (Å²) in [5, 5.41) is 0. The summed E-state index contributed by atoms with van der Waals surface area (Å²) < 4.78 is 18.4. The molecule has 0 spiro atoms. The number of nitrogens with two attached hydrogens (primary N) is 1. The molecule has 19 heavy (non-hydrogen) atoms. The molecule has 1 atom stereocenters. The second-order valence-electron chi connectivity index (χ2n) is 4.48. The van der Waals surface area contributed by atoms with E-state index < -0.39 is 0 Å². The van der Waals surface area contributed by atoms with Crippen molar-refractivity contribution in [2.75, 3.05) is 13.2 Å². The fourth-order valence-corrected chi connectivity index (χ4v) is 1.93. The largest absolute Gasteiger partial charge is 0.376 e. The van der Waals surface area contributed by atoms with E-state index in [1.54, 1.807) is 12.1 Å². The monoisotopic (exact) mass is 259 g/mol. The van der Waals surface area contributed by atoms with Crippen LogP contribution in [0.3, 0.4) is 0 Å². The number of halogens is 1. The first-order chi connectivity index (χ1) is 9.29. The van der Waals surface area contributed by atoms with Gasteiger partial charge in [-0.1, -0.05) is 42.5 Å². The van der Waals surface area contributed by atoms with Gasteiger partial charge in [0.25, 0.3) is 0 Å². The van der Waals surface area contributed by atoms with Gasteiger partial charge in [-0.25, -0.2) is 4.39 Å². The van der Waals surface area contributed by atoms with Crippen LogP contribution in [0.25, 0.3) is 0 Å². The molecule has 3 heteroatoms. The van der Waals surface area contributed by atoms with Crippen LogP contribution in [0.15, 0.2) is 54.6 Å². The van der Waals surface area contributed by atoms with Gasteiger partial charge in [0.15, 0.2) is 0 Å². The summed E-state index contributed by atoms with van der Waals surface area (Å²) >= 11 is 0. The average Bonchev–Trinajstić information content (AvgIpc) is 2.46. The lowest BCUT2D eigenvalue weighted by Crippen LogP contribution is -2.18. The van der Waals surface area contributed by atoms with Crippen LogP contribution in [-0.4, -0.2) is 13.2 Å². The molecule has 0 aliphatic carbocycles. The van der Waals surface area contributed by atoms with Crippen LogP contribution in [0.2, 0.25) is 0 Å². The molecule has 0 fully saturated rings. The van der Waals surface area contributed by atoms with Crippen LogP contribution in [0.1, 0.15) is 17.0 Å². The Kier molecular flexibility index (Phi) is 5.07. The van der Waals surface area contributed by atoms with Gasteiger partial charge in [0.05, 0.1) is 13.2 Å². The predicted molar refractivity (Wildman–Crippen MR) is 74.3 cm³/mol. The Balaban J connectivity index is 1.85. The van der Waals surface area contributed by atoms with Crippen molar-refractivity contribution >= 4 is 0 Å². The van der Waals surface area contributed by atoms with Crippen molar-refractivity contribution in [3.63, 3.8) is 0 Å². The van der Waals surface area contributed by atoms with E-state index in [0.29, 0.717) is 19.8 Å². The molecule has 0 radical (unpaired) electrons. The second-order valence-corrected chi connectivity index (χ2v) is 4.48. The molecular weight excluding hydrogens is 241 g/mol. The van der Waals surface area contributed by atoms with Crippen LogP contribution in [0, 0.1) is 5.82 Å². The van der Waals surface area contributed by atoms with E-state index in [4.69, 9.17) is 10.5 Å². The minimum Gasteiger partial charge on any atom is -0.376 e. The molecule has 0 bridgehead atoms. The van der Waals surface area contributed by atoms with E-state index in [1.807, 2.05) is 18.2 Å². The van der Waals surface area contributed by atoms with E-state index in [-0.39, 0.29) is 11.7 Å². The smallest absolute Gasteiger partial charge is 0.123 e. The Hall–Kier alpha value is -1.71. The maximum Gasteiger partial charge on any atom is 0.123 e. The molecule has 0 saturated heterocycles. The molecule has 2 aromatic carbocycles. The van der Waals surface area contributed by atoms with Gasteiger partial charge in [-0.05, 0) is 23.3 Å². The molecule has 0 amide bonds. The SMILES string of the molecule is NCC(COCc1ccc(F)cc1)c1ccccc1. The molecule has 100 valence electrons. The van der Waals surface area contributed by atoms with Crippen LogP contribution in [-0.2, 0) is 11.3 Å². The summed E-state index contributed by atoms with van der Waals surface area (Å²) in [6.07, 6.45) is 0. The summed E-state index contributed by atoms with van der Waals surface area (Å²) in [7, 11) is 0. The third-order valence-electron chi connectivity index (χ3n) is 3.06. The van der Waals surface area contributed by atoms with Crippen LogP contribution >= 0.6 is 0 Å². The number of rotatable bonds is 6. The second kappa shape index (κ2) is 7.02. The quantitative estimate of drug-likeness (QED) is 0.865. The third kappa shape index (κ3) is 4.16. The summed E-state index contributed by atoms with van der Waals surface area (Å²) in [5.74, 6) is -0.0329. The van der Waals surface area contributed by atoms with Crippen molar-refractivity contribution in [2.45, 2.75) is 12.5 Å². The molecule has 0 aliphatic heterocycles. The zero-order valence-corrected chi connectivity index (χ0v) is 10.8. The summed E-state index contributed by atoms with van der Waals surface area (Å²) in [6.45, 7) is 1.59. The minimum absolute atomic E-state index is 0.196. The fraction of sp³-hybridized carbons (Fsp3) is 0.250. The highest BCUT2D eigenvalue weighted by Gasteiger charge is 2.09. The van der Waals surface area contributed by atoms with E-state index >= 15 is 0 Å². The Morgan fingerprint density at radius 3 is 2.32 bits per heavy atom. The molecule has 0 heterocycles. The normalized spacial score (nSPS) is 12.3. The highest BCUT2D eigenvalue weighted by molar-refractivity contribution is 5.20. The number of hydrogen-bond donors (Lipinski definition) is 1. The van der Waals surface area contributed by atoms with Crippen LogP contribution < -0.4 is 5.73 Å². The Labute approximate surface area is 113 Å². The van der Waals surface area contributed by atoms with Gasteiger partial charge < -0.3 is 10.5 Å². The molecule has 2 N–H and O–H groups in total.